The van der Waals surface area contributed by atoms with Gasteiger partial charge in [-0.05, 0) is 30.9 Å². The van der Waals surface area contributed by atoms with Crippen LogP contribution in [0.25, 0.3) is 11.0 Å². The van der Waals surface area contributed by atoms with Gasteiger partial charge in [0.05, 0.1) is 11.0 Å². The number of ether oxygens (including phenoxy) is 1. The molecule has 1 atom stereocenters. The van der Waals surface area contributed by atoms with Crippen LogP contribution in [-0.2, 0) is 16.1 Å². The Kier molecular flexibility index (Phi) is 7.68. The van der Waals surface area contributed by atoms with Gasteiger partial charge in [0.2, 0.25) is 11.9 Å². The molecule has 2 heterocycles. The summed E-state index contributed by atoms with van der Waals surface area (Å²) in [5, 5.41) is 5.82. The molecule has 8 heteroatoms. The number of hydrogen-bond donors (Lipinski definition) is 2. The molecule has 2 N–H and O–H groups in total. The van der Waals surface area contributed by atoms with Crippen LogP contribution >= 0.6 is 0 Å². The molecule has 2 aromatic rings. The van der Waals surface area contributed by atoms with E-state index in [0.717, 1.165) is 36.9 Å². The fraction of sp³-hybridized carbons (Fsp3) is 0.591. The van der Waals surface area contributed by atoms with Crippen LogP contribution in [0.1, 0.15) is 40.0 Å². The molecule has 0 bridgehead atoms. The number of rotatable bonds is 10. The number of aromatic nitrogens is 2. The maximum atomic E-state index is 12.9. The molecule has 30 heavy (non-hydrogen) atoms. The molecule has 0 aliphatic carbocycles. The Bertz CT molecular complexity index is 864. The van der Waals surface area contributed by atoms with Gasteiger partial charge >= 0.3 is 6.03 Å². The highest BCUT2D eigenvalue weighted by molar-refractivity contribution is 5.96. The summed E-state index contributed by atoms with van der Waals surface area (Å²) in [5.41, 5.74) is 1.88. The van der Waals surface area contributed by atoms with Crippen molar-refractivity contribution < 1.29 is 14.3 Å². The van der Waals surface area contributed by atoms with Gasteiger partial charge in [-0.3, -0.25) is 9.69 Å². The number of nitrogens with one attached hydrogen (secondary N) is 2. The smallest absolute Gasteiger partial charge is 0.324 e. The van der Waals surface area contributed by atoms with E-state index in [9.17, 15) is 9.59 Å². The molecule has 0 saturated heterocycles. The van der Waals surface area contributed by atoms with Crippen LogP contribution in [0.2, 0.25) is 0 Å². The van der Waals surface area contributed by atoms with E-state index in [1.165, 1.54) is 0 Å². The normalized spacial score (nSPS) is 14.2. The summed E-state index contributed by atoms with van der Waals surface area (Å²) in [7, 11) is 0. The first-order chi connectivity index (χ1) is 14.5. The highest BCUT2D eigenvalue weighted by Crippen LogP contribution is 2.27. The number of anilines is 1. The van der Waals surface area contributed by atoms with Crippen molar-refractivity contribution in [3.8, 4) is 0 Å². The lowest BCUT2D eigenvalue weighted by Gasteiger charge is -2.24. The number of fused-ring (bicyclic) bond motifs is 3. The van der Waals surface area contributed by atoms with Crippen molar-refractivity contribution >= 4 is 28.9 Å². The average molecular weight is 416 g/mol. The first kappa shape index (κ1) is 22.1. The first-order valence-corrected chi connectivity index (χ1v) is 10.9. The van der Waals surface area contributed by atoms with Crippen LogP contribution in [0.4, 0.5) is 10.7 Å². The number of imidazole rings is 1. The van der Waals surface area contributed by atoms with Gasteiger partial charge in [-0.2, -0.15) is 0 Å². The lowest BCUT2D eigenvalue weighted by molar-refractivity contribution is -0.123. The van der Waals surface area contributed by atoms with Crippen molar-refractivity contribution in [2.45, 2.75) is 52.6 Å². The molecule has 0 radical (unpaired) electrons. The summed E-state index contributed by atoms with van der Waals surface area (Å²) in [6.45, 7) is 9.14. The van der Waals surface area contributed by atoms with Crippen molar-refractivity contribution in [1.29, 1.82) is 0 Å². The Hall–Kier alpha value is -2.61. The lowest BCUT2D eigenvalue weighted by atomic mass is 10.0. The minimum Gasteiger partial charge on any atom is -0.381 e. The third kappa shape index (κ3) is 5.11. The van der Waals surface area contributed by atoms with E-state index >= 15 is 0 Å². The van der Waals surface area contributed by atoms with E-state index in [-0.39, 0.29) is 17.9 Å². The fourth-order valence-electron chi connectivity index (χ4n) is 3.57. The molecular formula is C22H33N5O3. The van der Waals surface area contributed by atoms with E-state index in [1.807, 2.05) is 42.7 Å². The van der Waals surface area contributed by atoms with E-state index in [2.05, 4.69) is 22.5 Å². The van der Waals surface area contributed by atoms with Crippen molar-refractivity contribution in [1.82, 2.24) is 20.2 Å². The first-order valence-electron chi connectivity index (χ1n) is 10.9. The summed E-state index contributed by atoms with van der Waals surface area (Å²) in [6, 6.07) is 6.95. The summed E-state index contributed by atoms with van der Waals surface area (Å²) in [6.07, 6.45) is 2.92. The molecule has 8 nitrogen and oxygen atoms in total. The molecule has 1 aromatic carbocycles. The minimum atomic E-state index is -0.600. The zero-order valence-corrected chi connectivity index (χ0v) is 18.2. The fourth-order valence-corrected chi connectivity index (χ4v) is 3.57. The SMILES string of the molecule is CCCCOCCCNC(=O)C(NC(=O)N1CCn2c1nc1ccccc12)C(C)C. The molecule has 3 amide bonds. The van der Waals surface area contributed by atoms with Crippen molar-refractivity contribution in [3.63, 3.8) is 0 Å². The van der Waals surface area contributed by atoms with Gasteiger partial charge in [0.25, 0.3) is 0 Å². The standard InChI is InChI=1S/C22H33N5O3/c1-4-5-14-30-15-8-11-23-20(28)19(16(2)3)25-22(29)27-13-12-26-18-10-7-6-9-17(18)24-21(26)27/h6-7,9-10,16,19H,4-5,8,11-15H2,1-3H3,(H,23,28)(H,25,29). The average Bonchev–Trinajstić information content (AvgIpc) is 3.30. The number of nitrogens with zero attached hydrogens (tertiary/aromatic N) is 3. The Morgan fingerprint density at radius 3 is 2.70 bits per heavy atom. The number of urea groups is 1. The number of amides is 3. The number of hydrogen-bond acceptors (Lipinski definition) is 4. The van der Waals surface area contributed by atoms with Gasteiger partial charge in [-0.1, -0.05) is 39.3 Å². The number of carbonyl (C=O) groups excluding carboxylic acids is 2. The van der Waals surface area contributed by atoms with E-state index in [1.54, 1.807) is 4.90 Å². The molecular weight excluding hydrogens is 382 g/mol. The van der Waals surface area contributed by atoms with Crippen LogP contribution in [0.5, 0.6) is 0 Å². The highest BCUT2D eigenvalue weighted by Gasteiger charge is 2.32. The molecule has 1 aliphatic rings. The van der Waals surface area contributed by atoms with Crippen molar-refractivity contribution in [3.05, 3.63) is 24.3 Å². The van der Waals surface area contributed by atoms with E-state index in [4.69, 9.17) is 4.74 Å². The Labute approximate surface area is 178 Å². The number of benzene rings is 1. The zero-order chi connectivity index (χ0) is 21.5. The topological polar surface area (TPSA) is 88.5 Å². The molecule has 1 unspecified atom stereocenters. The summed E-state index contributed by atoms with van der Waals surface area (Å²) in [4.78, 5) is 31.8. The summed E-state index contributed by atoms with van der Waals surface area (Å²) < 4.78 is 7.56. The van der Waals surface area contributed by atoms with Gasteiger partial charge in [0.1, 0.15) is 6.04 Å². The molecule has 1 aromatic heterocycles. The van der Waals surface area contributed by atoms with Gasteiger partial charge in [0, 0.05) is 32.8 Å². The second kappa shape index (κ2) is 10.4. The molecule has 3 rings (SSSR count). The maximum Gasteiger partial charge on any atom is 0.324 e. The van der Waals surface area contributed by atoms with Crippen LogP contribution < -0.4 is 15.5 Å². The van der Waals surface area contributed by atoms with Gasteiger partial charge in [-0.15, -0.1) is 0 Å². The monoisotopic (exact) mass is 415 g/mol. The van der Waals surface area contributed by atoms with Gasteiger partial charge in [-0.25, -0.2) is 9.78 Å². The Balaban J connectivity index is 1.54. The summed E-state index contributed by atoms with van der Waals surface area (Å²) in [5.74, 6) is 0.427. The van der Waals surface area contributed by atoms with Crippen LogP contribution in [-0.4, -0.2) is 53.8 Å². The molecule has 1 aliphatic heterocycles. The Morgan fingerprint density at radius 2 is 1.93 bits per heavy atom. The van der Waals surface area contributed by atoms with Crippen LogP contribution in [0.3, 0.4) is 0 Å². The largest absolute Gasteiger partial charge is 0.381 e. The third-order valence-corrected chi connectivity index (χ3v) is 5.30. The van der Waals surface area contributed by atoms with Crippen molar-refractivity contribution in [2.75, 3.05) is 31.2 Å². The van der Waals surface area contributed by atoms with E-state index in [0.29, 0.717) is 32.2 Å². The second-order valence-electron chi connectivity index (χ2n) is 7.99. The molecule has 0 spiro atoms. The van der Waals surface area contributed by atoms with Crippen molar-refractivity contribution in [2.24, 2.45) is 5.92 Å². The summed E-state index contributed by atoms with van der Waals surface area (Å²) >= 11 is 0. The molecule has 0 fully saturated rings. The highest BCUT2D eigenvalue weighted by atomic mass is 16.5. The molecule has 164 valence electrons. The van der Waals surface area contributed by atoms with Crippen LogP contribution in [0, 0.1) is 5.92 Å². The van der Waals surface area contributed by atoms with Gasteiger partial charge in [0.15, 0.2) is 0 Å². The number of para-hydroxylation sites is 2. The Morgan fingerprint density at radius 1 is 1.17 bits per heavy atom. The lowest BCUT2D eigenvalue weighted by Crippen LogP contribution is -2.53. The quantitative estimate of drug-likeness (QED) is 0.584. The maximum absolute atomic E-state index is 12.9. The molecule has 0 saturated carbocycles. The second-order valence-corrected chi connectivity index (χ2v) is 7.99. The predicted octanol–water partition coefficient (Wildman–Crippen LogP) is 2.91. The zero-order valence-electron chi connectivity index (χ0n) is 18.2. The number of unbranched alkanes of at least 4 members (excludes halogenated alkanes) is 1. The van der Waals surface area contributed by atoms with Crippen LogP contribution in [0.15, 0.2) is 24.3 Å². The predicted molar refractivity (Wildman–Crippen MR) is 118 cm³/mol. The minimum absolute atomic E-state index is 0.0313. The van der Waals surface area contributed by atoms with E-state index < -0.39 is 6.04 Å². The number of carbonyl (C=O) groups is 2. The van der Waals surface area contributed by atoms with Gasteiger partial charge < -0.3 is 19.9 Å². The third-order valence-electron chi connectivity index (χ3n) is 5.30.